The number of benzene rings is 1. The summed E-state index contributed by atoms with van der Waals surface area (Å²) in [7, 11) is 0. The van der Waals surface area contributed by atoms with Crippen LogP contribution in [-0.2, 0) is 0 Å². The zero-order valence-corrected chi connectivity index (χ0v) is 11.4. The summed E-state index contributed by atoms with van der Waals surface area (Å²) < 4.78 is 13.0. The molecule has 0 bridgehead atoms. The largest absolute Gasteiger partial charge is 0.352 e. The third-order valence-corrected chi connectivity index (χ3v) is 3.57. The molecule has 1 saturated heterocycles. The van der Waals surface area contributed by atoms with Gasteiger partial charge in [-0.3, -0.25) is 4.79 Å². The third-order valence-electron chi connectivity index (χ3n) is 3.57. The number of likely N-dealkylation sites (tertiary alicyclic amines) is 1. The van der Waals surface area contributed by atoms with Gasteiger partial charge in [0.05, 0.1) is 0 Å². The lowest BCUT2D eigenvalue weighted by Crippen LogP contribution is -2.29. The quantitative estimate of drug-likeness (QED) is 0.828. The van der Waals surface area contributed by atoms with E-state index in [1.807, 2.05) is 0 Å². The van der Waals surface area contributed by atoms with E-state index in [-0.39, 0.29) is 11.7 Å². The van der Waals surface area contributed by atoms with Gasteiger partial charge in [0.2, 0.25) is 0 Å². The number of hydrogen-bond donors (Lipinski definition) is 1. The lowest BCUT2D eigenvalue weighted by molar-refractivity contribution is 0.0951. The van der Waals surface area contributed by atoms with Gasteiger partial charge in [0.1, 0.15) is 5.82 Å². The maximum Gasteiger partial charge on any atom is 0.251 e. The van der Waals surface area contributed by atoms with Crippen LogP contribution in [0.4, 0.5) is 4.39 Å². The molecule has 4 heteroatoms. The molecule has 19 heavy (non-hydrogen) atoms. The number of aryl methyl sites for hydroxylation is 1. The second-order valence-corrected chi connectivity index (χ2v) is 5.12. The van der Waals surface area contributed by atoms with Gasteiger partial charge in [0.25, 0.3) is 5.91 Å². The Morgan fingerprint density at radius 2 is 2.11 bits per heavy atom. The van der Waals surface area contributed by atoms with Crippen molar-refractivity contribution in [2.45, 2.75) is 26.2 Å². The SMILES string of the molecule is Cc1cc(F)ccc1C(=O)NCCCN1CCCC1. The fourth-order valence-corrected chi connectivity index (χ4v) is 2.49. The zero-order chi connectivity index (χ0) is 13.7. The van der Waals surface area contributed by atoms with Gasteiger partial charge < -0.3 is 10.2 Å². The Labute approximate surface area is 113 Å². The molecule has 1 N–H and O–H groups in total. The molecule has 1 aromatic carbocycles. The Balaban J connectivity index is 1.74. The molecule has 0 saturated carbocycles. The van der Waals surface area contributed by atoms with Gasteiger partial charge in [-0.05, 0) is 69.6 Å². The van der Waals surface area contributed by atoms with E-state index in [0.717, 1.165) is 13.0 Å². The predicted octanol–water partition coefficient (Wildman–Crippen LogP) is 2.35. The van der Waals surface area contributed by atoms with E-state index in [0.29, 0.717) is 17.7 Å². The summed E-state index contributed by atoms with van der Waals surface area (Å²) in [4.78, 5) is 14.4. The van der Waals surface area contributed by atoms with Crippen LogP contribution < -0.4 is 5.32 Å². The Kier molecular flexibility index (Phi) is 4.91. The van der Waals surface area contributed by atoms with Crippen molar-refractivity contribution in [3.05, 3.63) is 35.1 Å². The maximum absolute atomic E-state index is 13.0. The van der Waals surface area contributed by atoms with Gasteiger partial charge in [-0.2, -0.15) is 0 Å². The molecule has 1 amide bonds. The van der Waals surface area contributed by atoms with Crippen LogP contribution in [-0.4, -0.2) is 37.0 Å². The van der Waals surface area contributed by atoms with Crippen molar-refractivity contribution in [1.29, 1.82) is 0 Å². The second-order valence-electron chi connectivity index (χ2n) is 5.12. The number of carbonyl (C=O) groups is 1. The molecular formula is C15H21FN2O. The molecule has 104 valence electrons. The molecule has 0 aliphatic carbocycles. The Morgan fingerprint density at radius 3 is 2.79 bits per heavy atom. The first-order valence-electron chi connectivity index (χ1n) is 6.93. The number of halogens is 1. The van der Waals surface area contributed by atoms with Crippen LogP contribution in [0.2, 0.25) is 0 Å². The Bertz CT molecular complexity index is 442. The summed E-state index contributed by atoms with van der Waals surface area (Å²) >= 11 is 0. The van der Waals surface area contributed by atoms with Crippen molar-refractivity contribution < 1.29 is 9.18 Å². The van der Waals surface area contributed by atoms with Crippen LogP contribution in [0.1, 0.15) is 35.2 Å². The molecule has 0 atom stereocenters. The fraction of sp³-hybridized carbons (Fsp3) is 0.533. The number of carbonyl (C=O) groups excluding carboxylic acids is 1. The first-order chi connectivity index (χ1) is 9.16. The van der Waals surface area contributed by atoms with E-state index in [9.17, 15) is 9.18 Å². The van der Waals surface area contributed by atoms with E-state index in [1.54, 1.807) is 13.0 Å². The highest BCUT2D eigenvalue weighted by Gasteiger charge is 2.11. The van der Waals surface area contributed by atoms with E-state index in [1.165, 1.54) is 38.1 Å². The monoisotopic (exact) mass is 264 g/mol. The van der Waals surface area contributed by atoms with Crippen molar-refractivity contribution in [2.24, 2.45) is 0 Å². The predicted molar refractivity (Wildman–Crippen MR) is 73.8 cm³/mol. The van der Waals surface area contributed by atoms with Crippen LogP contribution >= 0.6 is 0 Å². The first kappa shape index (κ1) is 14.0. The normalized spacial score (nSPS) is 15.7. The maximum atomic E-state index is 13.0. The van der Waals surface area contributed by atoms with E-state index >= 15 is 0 Å². The molecule has 2 rings (SSSR count). The molecule has 1 fully saturated rings. The topological polar surface area (TPSA) is 32.3 Å². The summed E-state index contributed by atoms with van der Waals surface area (Å²) in [6, 6.07) is 4.26. The van der Waals surface area contributed by atoms with Crippen LogP contribution in [0, 0.1) is 12.7 Å². The highest BCUT2D eigenvalue weighted by atomic mass is 19.1. The molecule has 0 spiro atoms. The minimum atomic E-state index is -0.303. The summed E-state index contributed by atoms with van der Waals surface area (Å²) in [6.45, 7) is 5.84. The molecule has 0 radical (unpaired) electrons. The van der Waals surface area contributed by atoms with Crippen LogP contribution in [0.15, 0.2) is 18.2 Å². The molecule has 1 heterocycles. The number of hydrogen-bond acceptors (Lipinski definition) is 2. The lowest BCUT2D eigenvalue weighted by Gasteiger charge is -2.14. The minimum Gasteiger partial charge on any atom is -0.352 e. The average Bonchev–Trinajstić information content (AvgIpc) is 2.87. The Hall–Kier alpha value is -1.42. The number of nitrogens with one attached hydrogen (secondary N) is 1. The van der Waals surface area contributed by atoms with Gasteiger partial charge >= 0.3 is 0 Å². The molecular weight excluding hydrogens is 243 g/mol. The minimum absolute atomic E-state index is 0.112. The first-order valence-corrected chi connectivity index (χ1v) is 6.93. The van der Waals surface area contributed by atoms with Crippen LogP contribution in [0.5, 0.6) is 0 Å². The van der Waals surface area contributed by atoms with E-state index < -0.39 is 0 Å². The van der Waals surface area contributed by atoms with E-state index in [2.05, 4.69) is 10.2 Å². The molecule has 1 aromatic rings. The molecule has 1 aliphatic heterocycles. The fourth-order valence-electron chi connectivity index (χ4n) is 2.49. The van der Waals surface area contributed by atoms with Gasteiger partial charge in [-0.15, -0.1) is 0 Å². The third kappa shape index (κ3) is 4.03. The summed E-state index contributed by atoms with van der Waals surface area (Å²) in [5, 5.41) is 2.90. The van der Waals surface area contributed by atoms with Gasteiger partial charge in [-0.25, -0.2) is 4.39 Å². The molecule has 3 nitrogen and oxygen atoms in total. The number of nitrogens with zero attached hydrogens (tertiary/aromatic N) is 1. The van der Waals surface area contributed by atoms with Crippen molar-refractivity contribution in [3.8, 4) is 0 Å². The molecule has 1 aliphatic rings. The summed E-state index contributed by atoms with van der Waals surface area (Å²) in [5.74, 6) is -0.415. The van der Waals surface area contributed by atoms with Crippen LogP contribution in [0.25, 0.3) is 0 Å². The molecule has 0 unspecified atom stereocenters. The summed E-state index contributed by atoms with van der Waals surface area (Å²) in [6.07, 6.45) is 3.55. The van der Waals surface area contributed by atoms with Crippen LogP contribution in [0.3, 0.4) is 0 Å². The van der Waals surface area contributed by atoms with Gasteiger partial charge in [0.15, 0.2) is 0 Å². The lowest BCUT2D eigenvalue weighted by atomic mass is 10.1. The average molecular weight is 264 g/mol. The smallest absolute Gasteiger partial charge is 0.251 e. The second kappa shape index (κ2) is 6.66. The number of rotatable bonds is 5. The van der Waals surface area contributed by atoms with Gasteiger partial charge in [-0.1, -0.05) is 0 Å². The van der Waals surface area contributed by atoms with Crippen molar-refractivity contribution in [3.63, 3.8) is 0 Å². The Morgan fingerprint density at radius 1 is 1.37 bits per heavy atom. The summed E-state index contributed by atoms with van der Waals surface area (Å²) in [5.41, 5.74) is 1.24. The number of amides is 1. The van der Waals surface area contributed by atoms with Crippen molar-refractivity contribution in [1.82, 2.24) is 10.2 Å². The van der Waals surface area contributed by atoms with Crippen molar-refractivity contribution in [2.75, 3.05) is 26.2 Å². The highest BCUT2D eigenvalue weighted by molar-refractivity contribution is 5.95. The zero-order valence-electron chi connectivity index (χ0n) is 11.4. The van der Waals surface area contributed by atoms with E-state index in [4.69, 9.17) is 0 Å². The highest BCUT2D eigenvalue weighted by Crippen LogP contribution is 2.10. The van der Waals surface area contributed by atoms with Crippen molar-refractivity contribution >= 4 is 5.91 Å². The standard InChI is InChI=1S/C15H21FN2O/c1-12-11-13(16)5-6-14(12)15(19)17-7-4-10-18-8-2-3-9-18/h5-6,11H,2-4,7-10H2,1H3,(H,17,19). The van der Waals surface area contributed by atoms with Gasteiger partial charge in [0, 0.05) is 12.1 Å². The molecule has 0 aromatic heterocycles.